The smallest absolute Gasteiger partial charge is 0.228 e. The number of amides is 1. The third kappa shape index (κ3) is 1.87. The minimum absolute atomic E-state index is 0.0790. The van der Waals surface area contributed by atoms with E-state index in [9.17, 15) is 4.79 Å². The van der Waals surface area contributed by atoms with E-state index in [0.29, 0.717) is 5.91 Å². The SMILES string of the molecule is O=C(N1CC2CC=CCC2C1)C12CC3CC(CC(C3)C1)C2. The summed E-state index contributed by atoms with van der Waals surface area (Å²) in [6.07, 6.45) is 15.0. The lowest BCUT2D eigenvalue weighted by Crippen LogP contribution is -2.54. The van der Waals surface area contributed by atoms with E-state index < -0.39 is 0 Å². The fourth-order valence-electron chi connectivity index (χ4n) is 6.89. The van der Waals surface area contributed by atoms with Crippen LogP contribution in [0.3, 0.4) is 0 Å². The van der Waals surface area contributed by atoms with Gasteiger partial charge in [-0.15, -0.1) is 0 Å². The molecule has 114 valence electrons. The van der Waals surface area contributed by atoms with E-state index >= 15 is 0 Å². The van der Waals surface area contributed by atoms with Crippen LogP contribution in [0.1, 0.15) is 51.4 Å². The molecule has 1 amide bonds. The predicted octanol–water partition coefficient (Wildman–Crippen LogP) is 3.63. The molecule has 5 aliphatic carbocycles. The Morgan fingerprint density at radius 1 is 0.857 bits per heavy atom. The van der Waals surface area contributed by atoms with Gasteiger partial charge in [-0.3, -0.25) is 4.79 Å². The van der Waals surface area contributed by atoms with Gasteiger partial charge in [-0.1, -0.05) is 12.2 Å². The van der Waals surface area contributed by atoms with Gasteiger partial charge in [-0.25, -0.2) is 0 Å². The van der Waals surface area contributed by atoms with Gasteiger partial charge in [0.2, 0.25) is 5.91 Å². The highest BCUT2D eigenvalue weighted by Gasteiger charge is 2.56. The highest BCUT2D eigenvalue weighted by molar-refractivity contribution is 5.83. The summed E-state index contributed by atoms with van der Waals surface area (Å²) >= 11 is 0. The monoisotopic (exact) mass is 285 g/mol. The van der Waals surface area contributed by atoms with Crippen LogP contribution in [0.5, 0.6) is 0 Å². The summed E-state index contributed by atoms with van der Waals surface area (Å²) in [7, 11) is 0. The number of carbonyl (C=O) groups is 1. The Kier molecular flexibility index (Phi) is 2.64. The van der Waals surface area contributed by atoms with Gasteiger partial charge in [0, 0.05) is 13.1 Å². The van der Waals surface area contributed by atoms with Crippen LogP contribution in [0, 0.1) is 35.0 Å². The van der Waals surface area contributed by atoms with Gasteiger partial charge in [-0.2, -0.15) is 0 Å². The van der Waals surface area contributed by atoms with E-state index in [0.717, 1.165) is 42.7 Å². The Labute approximate surface area is 128 Å². The van der Waals surface area contributed by atoms with Gasteiger partial charge < -0.3 is 4.90 Å². The van der Waals surface area contributed by atoms with Gasteiger partial charge in [0.1, 0.15) is 0 Å². The van der Waals surface area contributed by atoms with Crippen molar-refractivity contribution in [3.63, 3.8) is 0 Å². The molecule has 0 radical (unpaired) electrons. The molecule has 6 rings (SSSR count). The van der Waals surface area contributed by atoms with E-state index in [2.05, 4.69) is 17.1 Å². The molecule has 0 spiro atoms. The number of nitrogens with zero attached hydrogens (tertiary/aromatic N) is 1. The standard InChI is InChI=1S/C19H27NO/c21-18(20-11-16-3-1-2-4-17(16)12-20)19-8-13-5-14(9-19)7-15(6-13)10-19/h1-2,13-17H,3-12H2. The van der Waals surface area contributed by atoms with Crippen LogP contribution in [0.2, 0.25) is 0 Å². The van der Waals surface area contributed by atoms with Gasteiger partial charge in [0.25, 0.3) is 0 Å². The number of carbonyl (C=O) groups excluding carboxylic acids is 1. The van der Waals surface area contributed by atoms with Crippen LogP contribution in [0.25, 0.3) is 0 Å². The first-order valence-electron chi connectivity index (χ1n) is 9.16. The molecule has 0 aromatic rings. The largest absolute Gasteiger partial charge is 0.342 e. The van der Waals surface area contributed by atoms with Crippen molar-refractivity contribution in [2.24, 2.45) is 35.0 Å². The number of fused-ring (bicyclic) bond motifs is 1. The number of hydrogen-bond donors (Lipinski definition) is 0. The van der Waals surface area contributed by atoms with Crippen LogP contribution in [-0.2, 0) is 4.79 Å². The van der Waals surface area contributed by atoms with Crippen molar-refractivity contribution in [3.8, 4) is 0 Å². The molecule has 4 saturated carbocycles. The summed E-state index contributed by atoms with van der Waals surface area (Å²) in [4.78, 5) is 15.6. The van der Waals surface area contributed by atoms with Gasteiger partial charge in [-0.05, 0) is 81.0 Å². The normalized spacial score (nSPS) is 50.5. The molecule has 1 saturated heterocycles. The summed E-state index contributed by atoms with van der Waals surface area (Å²) in [5.74, 6) is 4.72. The molecule has 1 aliphatic heterocycles. The molecule has 5 fully saturated rings. The van der Waals surface area contributed by atoms with Crippen molar-refractivity contribution < 1.29 is 4.79 Å². The fraction of sp³-hybridized carbons (Fsp3) is 0.842. The lowest BCUT2D eigenvalue weighted by molar-refractivity contribution is -0.156. The van der Waals surface area contributed by atoms with Crippen molar-refractivity contribution in [1.29, 1.82) is 0 Å². The quantitative estimate of drug-likeness (QED) is 0.674. The molecule has 6 aliphatic rings. The highest BCUT2D eigenvalue weighted by Crippen LogP contribution is 2.60. The van der Waals surface area contributed by atoms with E-state index in [4.69, 9.17) is 0 Å². The Morgan fingerprint density at radius 2 is 1.33 bits per heavy atom. The van der Waals surface area contributed by atoms with Crippen LogP contribution in [0.4, 0.5) is 0 Å². The minimum Gasteiger partial charge on any atom is -0.342 e. The first-order valence-corrected chi connectivity index (χ1v) is 9.16. The Bertz CT molecular complexity index is 443. The molecule has 1 heterocycles. The minimum atomic E-state index is 0.0790. The maximum atomic E-state index is 13.3. The summed E-state index contributed by atoms with van der Waals surface area (Å²) < 4.78 is 0. The van der Waals surface area contributed by atoms with Gasteiger partial charge in [0.05, 0.1) is 5.41 Å². The maximum Gasteiger partial charge on any atom is 0.228 e. The molecule has 2 nitrogen and oxygen atoms in total. The summed E-state index contributed by atoms with van der Waals surface area (Å²) in [5.41, 5.74) is 0.0790. The van der Waals surface area contributed by atoms with Crippen LogP contribution >= 0.6 is 0 Å². The zero-order valence-electron chi connectivity index (χ0n) is 13.0. The van der Waals surface area contributed by atoms with Crippen molar-refractivity contribution >= 4 is 5.91 Å². The second-order valence-electron chi connectivity index (χ2n) is 8.87. The zero-order chi connectivity index (χ0) is 14.0. The predicted molar refractivity (Wildman–Crippen MR) is 82.5 cm³/mol. The Hall–Kier alpha value is -0.790. The second-order valence-corrected chi connectivity index (χ2v) is 8.87. The summed E-state index contributed by atoms with van der Waals surface area (Å²) in [6.45, 7) is 2.10. The summed E-state index contributed by atoms with van der Waals surface area (Å²) in [5, 5.41) is 0. The third-order valence-corrected chi connectivity index (χ3v) is 7.40. The first kappa shape index (κ1) is 12.7. The molecule has 4 bridgehead atoms. The second kappa shape index (κ2) is 4.36. The zero-order valence-corrected chi connectivity index (χ0v) is 13.0. The molecule has 0 aromatic carbocycles. The number of rotatable bonds is 1. The maximum absolute atomic E-state index is 13.3. The van der Waals surface area contributed by atoms with Gasteiger partial charge in [0.15, 0.2) is 0 Å². The first-order chi connectivity index (χ1) is 10.2. The highest BCUT2D eigenvalue weighted by atomic mass is 16.2. The molecular weight excluding hydrogens is 258 g/mol. The average molecular weight is 285 g/mol. The topological polar surface area (TPSA) is 20.3 Å². The van der Waals surface area contributed by atoms with E-state index in [-0.39, 0.29) is 5.41 Å². The van der Waals surface area contributed by atoms with Crippen LogP contribution in [0.15, 0.2) is 12.2 Å². The van der Waals surface area contributed by atoms with E-state index in [1.807, 2.05) is 0 Å². The molecule has 21 heavy (non-hydrogen) atoms. The lowest BCUT2D eigenvalue weighted by Gasteiger charge is -2.56. The molecule has 0 aromatic heterocycles. The van der Waals surface area contributed by atoms with Crippen LogP contribution in [-0.4, -0.2) is 23.9 Å². The number of likely N-dealkylation sites (tertiary alicyclic amines) is 1. The van der Waals surface area contributed by atoms with E-state index in [1.165, 1.54) is 51.4 Å². The molecule has 2 atom stereocenters. The van der Waals surface area contributed by atoms with E-state index in [1.54, 1.807) is 0 Å². The number of hydrogen-bond acceptors (Lipinski definition) is 1. The van der Waals surface area contributed by atoms with Crippen molar-refractivity contribution in [2.45, 2.75) is 51.4 Å². The van der Waals surface area contributed by atoms with Crippen LogP contribution < -0.4 is 0 Å². The Morgan fingerprint density at radius 3 is 1.81 bits per heavy atom. The van der Waals surface area contributed by atoms with Crippen molar-refractivity contribution in [3.05, 3.63) is 12.2 Å². The Balaban J connectivity index is 1.37. The number of allylic oxidation sites excluding steroid dienone is 2. The molecule has 2 unspecified atom stereocenters. The average Bonchev–Trinajstić information content (AvgIpc) is 2.88. The summed E-state index contributed by atoms with van der Waals surface area (Å²) in [6, 6.07) is 0. The van der Waals surface area contributed by atoms with Crippen molar-refractivity contribution in [2.75, 3.05) is 13.1 Å². The third-order valence-electron chi connectivity index (χ3n) is 7.40. The molecule has 0 N–H and O–H groups in total. The van der Waals surface area contributed by atoms with Gasteiger partial charge >= 0.3 is 0 Å². The molecule has 2 heteroatoms. The fourth-order valence-corrected chi connectivity index (χ4v) is 6.89. The van der Waals surface area contributed by atoms with Crippen molar-refractivity contribution in [1.82, 2.24) is 4.90 Å². The lowest BCUT2D eigenvalue weighted by atomic mass is 9.49. The molecular formula is C19H27NO.